The highest BCUT2D eigenvalue weighted by molar-refractivity contribution is 7.81. The predicted molar refractivity (Wildman–Crippen MR) is 57.1 cm³/mol. The zero-order valence-electron chi connectivity index (χ0n) is 7.91. The van der Waals surface area contributed by atoms with Gasteiger partial charge in [0, 0.05) is 4.86 Å². The maximum atomic E-state index is 7.78. The maximum absolute atomic E-state index is 7.78. The number of nitrogens with one attached hydrogen (secondary N) is 1. The summed E-state index contributed by atoms with van der Waals surface area (Å²) in [5.41, 5.74) is 4.83. The van der Waals surface area contributed by atoms with E-state index < -0.39 is 0 Å². The molecule has 64 valence electrons. The van der Waals surface area contributed by atoms with Crippen LogP contribution in [0.3, 0.4) is 0 Å². The molecule has 0 radical (unpaired) electrons. The lowest BCUT2D eigenvalue weighted by molar-refractivity contribution is 1.30. The van der Waals surface area contributed by atoms with Crippen LogP contribution in [0.1, 0.15) is 27.7 Å². The summed E-state index contributed by atoms with van der Waals surface area (Å²) in [5.74, 6) is 0. The first-order chi connectivity index (χ1) is 5.46. The lowest BCUT2D eigenvalue weighted by Gasteiger charge is -2.19. The number of rotatable bonds is 0. The van der Waals surface area contributed by atoms with E-state index in [-0.39, 0.29) is 0 Å². The van der Waals surface area contributed by atoms with Crippen LogP contribution in [0.4, 0.5) is 0 Å². The van der Waals surface area contributed by atoms with Crippen molar-refractivity contribution in [2.45, 2.75) is 27.7 Å². The van der Waals surface area contributed by atoms with Gasteiger partial charge in [-0.15, -0.1) is 0 Å². The Labute approximate surface area is 78.7 Å². The molecule has 0 aromatic rings. The molecule has 0 fully saturated rings. The van der Waals surface area contributed by atoms with Crippen molar-refractivity contribution in [1.82, 2.24) is 0 Å². The average Bonchev–Trinajstić information content (AvgIpc) is 2.08. The quantitative estimate of drug-likeness (QED) is 0.568. The molecule has 0 atom stereocenters. The number of allylic oxidation sites excluding steroid dienone is 4. The second-order valence-electron chi connectivity index (χ2n) is 3.20. The second kappa shape index (κ2) is 2.94. The van der Waals surface area contributed by atoms with Crippen LogP contribution >= 0.6 is 12.2 Å². The summed E-state index contributed by atoms with van der Waals surface area (Å²) in [4.78, 5) is 0.918. The van der Waals surface area contributed by atoms with Gasteiger partial charge in [-0.3, -0.25) is 0 Å². The Kier molecular flexibility index (Phi) is 2.29. The number of thiocarbonyl (C=S) groups is 1. The van der Waals surface area contributed by atoms with E-state index >= 15 is 0 Å². The molecule has 1 aliphatic rings. The summed E-state index contributed by atoms with van der Waals surface area (Å²) in [6, 6.07) is 0. The first-order valence-electron chi connectivity index (χ1n) is 3.95. The largest absolute Gasteiger partial charge is 0.300 e. The zero-order chi connectivity index (χ0) is 9.46. The van der Waals surface area contributed by atoms with Crippen LogP contribution in [0.15, 0.2) is 22.3 Å². The van der Waals surface area contributed by atoms with Crippen LogP contribution in [0, 0.1) is 5.41 Å². The summed E-state index contributed by atoms with van der Waals surface area (Å²) in [6.45, 7) is 7.89. The van der Waals surface area contributed by atoms with Crippen molar-refractivity contribution in [3.63, 3.8) is 0 Å². The fourth-order valence-corrected chi connectivity index (χ4v) is 1.58. The van der Waals surface area contributed by atoms with Gasteiger partial charge in [0.2, 0.25) is 0 Å². The Morgan fingerprint density at radius 3 is 1.50 bits per heavy atom. The highest BCUT2D eigenvalue weighted by Gasteiger charge is 2.19. The molecule has 0 spiro atoms. The van der Waals surface area contributed by atoms with Crippen LogP contribution in [0.25, 0.3) is 0 Å². The Hall–Kier alpha value is -0.760. The van der Waals surface area contributed by atoms with Crippen molar-refractivity contribution in [1.29, 1.82) is 5.41 Å². The third kappa shape index (κ3) is 1.16. The van der Waals surface area contributed by atoms with E-state index in [1.54, 1.807) is 0 Å². The summed E-state index contributed by atoms with van der Waals surface area (Å²) >= 11 is 5.25. The van der Waals surface area contributed by atoms with Crippen LogP contribution in [-0.2, 0) is 0 Å². The standard InChI is InChI=1S/C10H13NS/c1-5-7(3)10(12)8(4)6(2)9(5)11/h11H,1-4H3. The smallest absolute Gasteiger partial charge is 0.0604 e. The third-order valence-electron chi connectivity index (χ3n) is 2.56. The lowest BCUT2D eigenvalue weighted by Crippen LogP contribution is -2.17. The molecule has 0 heterocycles. The molecule has 2 heteroatoms. The van der Waals surface area contributed by atoms with Crippen LogP contribution in [-0.4, -0.2) is 10.6 Å². The van der Waals surface area contributed by atoms with Crippen molar-refractivity contribution in [2.24, 2.45) is 0 Å². The van der Waals surface area contributed by atoms with E-state index in [1.165, 1.54) is 0 Å². The van der Waals surface area contributed by atoms with Crippen molar-refractivity contribution in [3.8, 4) is 0 Å². The van der Waals surface area contributed by atoms with Crippen molar-refractivity contribution < 1.29 is 0 Å². The highest BCUT2D eigenvalue weighted by Crippen LogP contribution is 2.24. The molecule has 1 rings (SSSR count). The zero-order valence-corrected chi connectivity index (χ0v) is 8.72. The molecule has 0 saturated heterocycles. The molecule has 1 N–H and O–H groups in total. The minimum Gasteiger partial charge on any atom is -0.300 e. The van der Waals surface area contributed by atoms with Gasteiger partial charge in [0.15, 0.2) is 0 Å². The number of hydrogen-bond donors (Lipinski definition) is 1. The van der Waals surface area contributed by atoms with E-state index in [4.69, 9.17) is 17.6 Å². The van der Waals surface area contributed by atoms with E-state index in [1.807, 2.05) is 27.7 Å². The van der Waals surface area contributed by atoms with Crippen molar-refractivity contribution in [3.05, 3.63) is 22.3 Å². The van der Waals surface area contributed by atoms with Gasteiger partial charge in [0.1, 0.15) is 0 Å². The third-order valence-corrected chi connectivity index (χ3v) is 3.17. The van der Waals surface area contributed by atoms with Gasteiger partial charge in [-0.05, 0) is 50.0 Å². The Morgan fingerprint density at radius 2 is 1.17 bits per heavy atom. The molecule has 0 aliphatic heterocycles. The normalized spacial score (nSPS) is 19.3. The molecule has 0 unspecified atom stereocenters. The topological polar surface area (TPSA) is 23.9 Å². The van der Waals surface area contributed by atoms with Crippen molar-refractivity contribution >= 4 is 22.8 Å². The van der Waals surface area contributed by atoms with Gasteiger partial charge in [-0.2, -0.15) is 0 Å². The van der Waals surface area contributed by atoms with E-state index in [0.717, 1.165) is 27.2 Å². The summed E-state index contributed by atoms with van der Waals surface area (Å²) in [5, 5.41) is 7.78. The first-order valence-corrected chi connectivity index (χ1v) is 4.36. The average molecular weight is 179 g/mol. The molecular weight excluding hydrogens is 166 g/mol. The summed E-state index contributed by atoms with van der Waals surface area (Å²) in [7, 11) is 0. The molecule has 0 saturated carbocycles. The van der Waals surface area contributed by atoms with E-state index in [9.17, 15) is 0 Å². The fourth-order valence-electron chi connectivity index (χ4n) is 1.28. The minimum absolute atomic E-state index is 0.638. The molecule has 1 aliphatic carbocycles. The van der Waals surface area contributed by atoms with Crippen LogP contribution in [0.5, 0.6) is 0 Å². The van der Waals surface area contributed by atoms with Gasteiger partial charge in [-0.1, -0.05) is 12.2 Å². The fraction of sp³-hybridized carbons (Fsp3) is 0.400. The van der Waals surface area contributed by atoms with Gasteiger partial charge in [0.25, 0.3) is 0 Å². The number of hydrogen-bond acceptors (Lipinski definition) is 2. The summed E-state index contributed by atoms with van der Waals surface area (Å²) in [6.07, 6.45) is 0. The highest BCUT2D eigenvalue weighted by atomic mass is 32.1. The molecule has 0 aromatic carbocycles. The Bertz CT molecular complexity index is 270. The van der Waals surface area contributed by atoms with Crippen molar-refractivity contribution in [2.75, 3.05) is 0 Å². The van der Waals surface area contributed by atoms with Crippen LogP contribution in [0.2, 0.25) is 0 Å². The van der Waals surface area contributed by atoms with E-state index in [2.05, 4.69) is 0 Å². The molecule has 0 aromatic heterocycles. The molecule has 0 amide bonds. The van der Waals surface area contributed by atoms with Gasteiger partial charge < -0.3 is 5.41 Å². The molecule has 12 heavy (non-hydrogen) atoms. The lowest BCUT2D eigenvalue weighted by atomic mass is 9.87. The van der Waals surface area contributed by atoms with E-state index in [0.29, 0.717) is 5.71 Å². The Balaban J connectivity index is 3.32. The molecule has 1 nitrogen and oxygen atoms in total. The van der Waals surface area contributed by atoms with Gasteiger partial charge in [-0.25, -0.2) is 0 Å². The minimum atomic E-state index is 0.638. The Morgan fingerprint density at radius 1 is 0.833 bits per heavy atom. The van der Waals surface area contributed by atoms with Gasteiger partial charge in [0.05, 0.1) is 5.71 Å². The van der Waals surface area contributed by atoms with Crippen LogP contribution < -0.4 is 0 Å². The molecular formula is C10H13NS. The predicted octanol–water partition coefficient (Wildman–Crippen LogP) is 3.06. The maximum Gasteiger partial charge on any atom is 0.0604 e. The molecule has 0 bridgehead atoms. The second-order valence-corrected chi connectivity index (χ2v) is 3.61. The summed E-state index contributed by atoms with van der Waals surface area (Å²) < 4.78 is 0. The first kappa shape index (κ1) is 9.33. The monoisotopic (exact) mass is 179 g/mol. The van der Waals surface area contributed by atoms with Gasteiger partial charge >= 0.3 is 0 Å². The SMILES string of the molecule is CC1=C(C)C(=S)C(C)=C(C)C1=N.